The number of amides is 1. The van der Waals surface area contributed by atoms with Crippen molar-refractivity contribution in [1.82, 2.24) is 4.98 Å². The summed E-state index contributed by atoms with van der Waals surface area (Å²) in [6, 6.07) is 2.33. The van der Waals surface area contributed by atoms with Crippen LogP contribution in [-0.4, -0.2) is 36.8 Å². The highest BCUT2D eigenvalue weighted by molar-refractivity contribution is 6.03. The van der Waals surface area contributed by atoms with Gasteiger partial charge in [0.1, 0.15) is 5.76 Å². The summed E-state index contributed by atoms with van der Waals surface area (Å²) in [5.41, 5.74) is 0.0407. The van der Waals surface area contributed by atoms with Gasteiger partial charge in [0.25, 0.3) is 11.9 Å². The molecule has 6 rings (SSSR count). The summed E-state index contributed by atoms with van der Waals surface area (Å²) in [6.07, 6.45) is 5.72. The number of ether oxygens (including phenoxy) is 1. The molecule has 6 nitrogen and oxygen atoms in total. The summed E-state index contributed by atoms with van der Waals surface area (Å²) >= 11 is 0. The lowest BCUT2D eigenvalue weighted by atomic mass is 9.64. The van der Waals surface area contributed by atoms with Gasteiger partial charge in [-0.1, -0.05) is 13.8 Å². The second kappa shape index (κ2) is 9.39. The molecule has 35 heavy (non-hydrogen) atoms. The molecule has 2 aromatic rings. The lowest BCUT2D eigenvalue weighted by Crippen LogP contribution is -2.56. The van der Waals surface area contributed by atoms with Crippen molar-refractivity contribution in [1.29, 1.82) is 0 Å². The van der Waals surface area contributed by atoms with Gasteiger partial charge >= 0.3 is 0 Å². The van der Waals surface area contributed by atoms with E-state index in [0.29, 0.717) is 11.8 Å². The second-order valence-electron chi connectivity index (χ2n) is 10.4. The molecule has 3 saturated carbocycles. The van der Waals surface area contributed by atoms with Crippen molar-refractivity contribution in [2.75, 3.05) is 30.0 Å². The summed E-state index contributed by atoms with van der Waals surface area (Å²) < 4.78 is 53.9. The van der Waals surface area contributed by atoms with Crippen molar-refractivity contribution in [3.05, 3.63) is 35.2 Å². The molecule has 0 radical (unpaired) electrons. The fourth-order valence-electron chi connectivity index (χ4n) is 5.80. The number of benzene rings is 1. The van der Waals surface area contributed by atoms with Crippen molar-refractivity contribution in [2.24, 2.45) is 17.3 Å². The number of alkyl halides is 1. The number of hydrogen-bond donors (Lipinski definition) is 1. The first-order valence-electron chi connectivity index (χ1n) is 12.6. The first-order valence-corrected chi connectivity index (χ1v) is 12.6. The topological polar surface area (TPSA) is 67.6 Å². The fraction of sp³-hybridized carbons (Fsp3) is 0.615. The fourth-order valence-corrected chi connectivity index (χ4v) is 5.80. The van der Waals surface area contributed by atoms with E-state index in [1.165, 1.54) is 12.8 Å². The van der Waals surface area contributed by atoms with Crippen LogP contribution in [0.3, 0.4) is 0 Å². The molecular weight excluding hydrogens is 459 g/mol. The van der Waals surface area contributed by atoms with E-state index in [9.17, 15) is 18.0 Å². The predicted molar refractivity (Wildman–Crippen MR) is 126 cm³/mol. The molecule has 4 aliphatic rings. The number of aryl methyl sites for hydroxylation is 1. The predicted octanol–water partition coefficient (Wildman–Crippen LogP) is 5.91. The van der Waals surface area contributed by atoms with E-state index in [2.05, 4.69) is 24.1 Å². The Kier molecular flexibility index (Phi) is 6.44. The second-order valence-corrected chi connectivity index (χ2v) is 10.4. The molecule has 0 spiro atoms. The normalized spacial score (nSPS) is 24.5. The average Bonchev–Trinajstić information content (AvgIpc) is 3.20. The molecule has 1 amide bonds. The van der Waals surface area contributed by atoms with Crippen LogP contribution in [0.15, 0.2) is 16.5 Å². The molecular formula is C26H32F3N3O3. The van der Waals surface area contributed by atoms with Gasteiger partial charge in [0.05, 0.1) is 12.8 Å². The Morgan fingerprint density at radius 2 is 1.77 bits per heavy atom. The number of carbonyl (C=O) groups excluding carboxylic acids is 1. The number of nitrogens with one attached hydrogen (secondary N) is 1. The Labute approximate surface area is 203 Å². The molecule has 1 aromatic heterocycles. The van der Waals surface area contributed by atoms with Gasteiger partial charge in [0, 0.05) is 42.7 Å². The number of nitrogens with zero attached hydrogens (tertiary/aromatic N) is 2. The highest BCUT2D eigenvalue weighted by atomic mass is 19.1. The van der Waals surface area contributed by atoms with Crippen LogP contribution in [-0.2, 0) is 6.42 Å². The molecule has 190 valence electrons. The van der Waals surface area contributed by atoms with E-state index < -0.39 is 30.0 Å². The third-order valence-electron chi connectivity index (χ3n) is 8.11. The van der Waals surface area contributed by atoms with E-state index in [1.807, 2.05) is 4.90 Å². The number of carbonyl (C=O) groups is 1. The van der Waals surface area contributed by atoms with Crippen LogP contribution < -0.4 is 15.0 Å². The number of halogens is 3. The molecule has 2 bridgehead atoms. The minimum Gasteiger partial charge on any atom is -0.484 e. The number of anilines is 2. The smallest absolute Gasteiger partial charge is 0.298 e. The zero-order valence-electron chi connectivity index (χ0n) is 20.2. The lowest BCUT2D eigenvalue weighted by molar-refractivity contribution is 0.00932. The minimum atomic E-state index is -0.875. The van der Waals surface area contributed by atoms with Gasteiger partial charge in [-0.15, -0.1) is 0 Å². The summed E-state index contributed by atoms with van der Waals surface area (Å²) in [5.74, 6) is -1.58. The summed E-state index contributed by atoms with van der Waals surface area (Å²) in [5, 5.41) is 2.47. The van der Waals surface area contributed by atoms with Crippen molar-refractivity contribution < 1.29 is 27.1 Å². The van der Waals surface area contributed by atoms with E-state index in [4.69, 9.17) is 9.15 Å². The molecule has 1 aromatic carbocycles. The number of fused-ring (bicyclic) bond motifs is 2. The molecule has 3 aliphatic carbocycles. The standard InChI is InChI=1S/C26H32F3N3O3/c1-3-26(4-2)13-32(14-26)25-31-22(21(35-25)5-6-27)24(33)30-17-11-19(28)23(20(29)12-17)34-18-9-15-7-16(8-15)10-18/h11-12,15-16,18H,3-10,13-14H2,1-2H3,(H,30,33). The molecule has 0 atom stereocenters. The third-order valence-corrected chi connectivity index (χ3v) is 8.11. The molecule has 1 saturated heterocycles. The molecule has 2 heterocycles. The largest absolute Gasteiger partial charge is 0.484 e. The van der Waals surface area contributed by atoms with Gasteiger partial charge < -0.3 is 19.4 Å². The highest BCUT2D eigenvalue weighted by Gasteiger charge is 2.42. The van der Waals surface area contributed by atoms with Crippen LogP contribution in [0.5, 0.6) is 5.75 Å². The van der Waals surface area contributed by atoms with Gasteiger partial charge in [-0.2, -0.15) is 4.98 Å². The Hall–Kier alpha value is -2.71. The van der Waals surface area contributed by atoms with E-state index >= 15 is 0 Å². The van der Waals surface area contributed by atoms with Crippen LogP contribution in [0.25, 0.3) is 0 Å². The van der Waals surface area contributed by atoms with Crippen molar-refractivity contribution >= 4 is 17.6 Å². The quantitative estimate of drug-likeness (QED) is 0.472. The first-order chi connectivity index (χ1) is 16.8. The Bertz CT molecular complexity index is 1050. The Morgan fingerprint density at radius 1 is 1.14 bits per heavy atom. The first kappa shape index (κ1) is 24.0. The zero-order chi connectivity index (χ0) is 24.7. The molecule has 1 N–H and O–H groups in total. The third kappa shape index (κ3) is 4.61. The molecule has 4 fully saturated rings. The highest BCUT2D eigenvalue weighted by Crippen LogP contribution is 2.47. The van der Waals surface area contributed by atoms with Crippen LogP contribution in [0.4, 0.5) is 24.9 Å². The average molecular weight is 492 g/mol. The Balaban J connectivity index is 1.28. The van der Waals surface area contributed by atoms with Crippen LogP contribution in [0.2, 0.25) is 0 Å². The number of rotatable bonds is 9. The number of aromatic nitrogens is 1. The summed E-state index contributed by atoms with van der Waals surface area (Å²) in [4.78, 5) is 19.1. The van der Waals surface area contributed by atoms with Crippen molar-refractivity contribution in [3.8, 4) is 5.75 Å². The monoisotopic (exact) mass is 491 g/mol. The van der Waals surface area contributed by atoms with Gasteiger partial charge in [-0.25, -0.2) is 8.78 Å². The van der Waals surface area contributed by atoms with E-state index in [-0.39, 0.29) is 41.1 Å². The van der Waals surface area contributed by atoms with Crippen molar-refractivity contribution in [3.63, 3.8) is 0 Å². The maximum Gasteiger partial charge on any atom is 0.298 e. The van der Waals surface area contributed by atoms with Gasteiger partial charge in [-0.3, -0.25) is 9.18 Å². The van der Waals surface area contributed by atoms with Crippen LogP contribution in [0.1, 0.15) is 68.6 Å². The van der Waals surface area contributed by atoms with Gasteiger partial charge in [-0.05, 0) is 50.4 Å². The van der Waals surface area contributed by atoms with Crippen molar-refractivity contribution in [2.45, 2.75) is 64.9 Å². The minimum absolute atomic E-state index is 0.0699. The Morgan fingerprint density at radius 3 is 2.34 bits per heavy atom. The number of hydrogen-bond acceptors (Lipinski definition) is 5. The molecule has 0 unspecified atom stereocenters. The maximum absolute atomic E-state index is 14.7. The van der Waals surface area contributed by atoms with Crippen LogP contribution >= 0.6 is 0 Å². The maximum atomic E-state index is 14.7. The lowest BCUT2D eigenvalue weighted by Gasteiger charge is -2.48. The van der Waals surface area contributed by atoms with Gasteiger partial charge in [0.15, 0.2) is 23.1 Å². The summed E-state index contributed by atoms with van der Waals surface area (Å²) in [7, 11) is 0. The molecule has 1 aliphatic heterocycles. The van der Waals surface area contributed by atoms with E-state index in [0.717, 1.165) is 50.9 Å². The SMILES string of the molecule is CCC1(CC)CN(c2nc(C(=O)Nc3cc(F)c(OC4CC5CC(C5)C4)c(F)c3)c(CCF)o2)C1. The number of oxazole rings is 1. The molecule has 9 heteroatoms. The van der Waals surface area contributed by atoms with E-state index in [1.54, 1.807) is 0 Å². The summed E-state index contributed by atoms with van der Waals surface area (Å²) in [6.45, 7) is 5.04. The van der Waals surface area contributed by atoms with Gasteiger partial charge in [0.2, 0.25) is 0 Å². The van der Waals surface area contributed by atoms with Crippen LogP contribution in [0, 0.1) is 28.9 Å². The zero-order valence-corrected chi connectivity index (χ0v) is 20.2.